The molecule has 84 valence electrons. The lowest BCUT2D eigenvalue weighted by Gasteiger charge is -2.09. The molecule has 2 rings (SSSR count). The van der Waals surface area contributed by atoms with Gasteiger partial charge in [-0.05, 0) is 12.1 Å². The molecule has 0 saturated carbocycles. The Hall–Kier alpha value is -1.26. The number of anilines is 1. The monoisotopic (exact) mass is 257 g/mol. The number of alkyl halides is 1. The van der Waals surface area contributed by atoms with E-state index in [1.54, 1.807) is 12.1 Å². The van der Waals surface area contributed by atoms with Gasteiger partial charge in [0.1, 0.15) is 11.6 Å². The summed E-state index contributed by atoms with van der Waals surface area (Å²) < 4.78 is 5.19. The second-order valence-corrected chi connectivity index (χ2v) is 3.81. The Morgan fingerprint density at radius 2 is 2.12 bits per heavy atom. The molecule has 0 aliphatic heterocycles. The number of nitrogen functional groups attached to an aromatic ring is 1. The number of aromatic nitrogens is 2. The Morgan fingerprint density at radius 1 is 1.38 bits per heavy atom. The number of halogens is 2. The first-order chi connectivity index (χ1) is 7.67. The number of rotatable bonds is 2. The normalized spacial score (nSPS) is 10.7. The molecular weight excluding hydrogens is 249 g/mol. The van der Waals surface area contributed by atoms with Crippen LogP contribution in [0.1, 0.15) is 5.82 Å². The van der Waals surface area contributed by atoms with Crippen LogP contribution >= 0.6 is 23.2 Å². The van der Waals surface area contributed by atoms with Crippen molar-refractivity contribution in [2.75, 3.05) is 12.8 Å². The fourth-order valence-electron chi connectivity index (χ4n) is 1.51. The maximum atomic E-state index is 5.99. The van der Waals surface area contributed by atoms with E-state index < -0.39 is 0 Å². The predicted molar refractivity (Wildman–Crippen MR) is 65.1 cm³/mol. The summed E-state index contributed by atoms with van der Waals surface area (Å²) >= 11 is 11.7. The van der Waals surface area contributed by atoms with Gasteiger partial charge in [0.05, 0.1) is 28.9 Å². The molecule has 1 aromatic carbocycles. The zero-order chi connectivity index (χ0) is 11.7. The molecule has 0 saturated heterocycles. The molecule has 6 heteroatoms. The summed E-state index contributed by atoms with van der Waals surface area (Å²) in [7, 11) is 1.52. The average molecular weight is 258 g/mol. The lowest BCUT2D eigenvalue weighted by molar-refractivity contribution is 0.420. The molecule has 0 bridgehead atoms. The Balaban J connectivity index is 2.83. The van der Waals surface area contributed by atoms with E-state index in [0.717, 1.165) is 0 Å². The van der Waals surface area contributed by atoms with E-state index in [4.69, 9.17) is 33.7 Å². The summed E-state index contributed by atoms with van der Waals surface area (Å²) in [4.78, 5) is 8.31. The molecule has 4 nitrogen and oxygen atoms in total. The Labute approximate surface area is 102 Å². The van der Waals surface area contributed by atoms with E-state index in [0.29, 0.717) is 33.3 Å². The predicted octanol–water partition coefficient (Wildman–Crippen LogP) is 2.61. The highest BCUT2D eigenvalue weighted by Gasteiger charge is 2.12. The highest BCUT2D eigenvalue weighted by molar-refractivity contribution is 6.33. The summed E-state index contributed by atoms with van der Waals surface area (Å²) in [6, 6.07) is 3.46. The Morgan fingerprint density at radius 3 is 2.75 bits per heavy atom. The van der Waals surface area contributed by atoms with Gasteiger partial charge in [0.15, 0.2) is 5.75 Å². The van der Waals surface area contributed by atoms with Crippen molar-refractivity contribution in [2.24, 2.45) is 0 Å². The number of ether oxygens (including phenoxy) is 1. The smallest absolute Gasteiger partial charge is 0.150 e. The van der Waals surface area contributed by atoms with Gasteiger partial charge >= 0.3 is 0 Å². The van der Waals surface area contributed by atoms with Gasteiger partial charge in [-0.25, -0.2) is 9.97 Å². The molecular formula is C10H9Cl2N3O. The summed E-state index contributed by atoms with van der Waals surface area (Å²) in [5.41, 5.74) is 6.50. The van der Waals surface area contributed by atoms with Crippen molar-refractivity contribution in [3.63, 3.8) is 0 Å². The molecule has 2 N–H and O–H groups in total. The molecule has 0 atom stereocenters. The van der Waals surface area contributed by atoms with Gasteiger partial charge in [0.25, 0.3) is 0 Å². The van der Waals surface area contributed by atoms with Gasteiger partial charge in [0.2, 0.25) is 0 Å². The minimum absolute atomic E-state index is 0.213. The molecule has 0 unspecified atom stereocenters. The molecule has 0 aliphatic carbocycles. The topological polar surface area (TPSA) is 61.0 Å². The van der Waals surface area contributed by atoms with Gasteiger partial charge < -0.3 is 10.5 Å². The zero-order valence-corrected chi connectivity index (χ0v) is 10.0. The summed E-state index contributed by atoms with van der Waals surface area (Å²) in [6.07, 6.45) is 0. The van der Waals surface area contributed by atoms with Crippen molar-refractivity contribution in [3.05, 3.63) is 23.0 Å². The van der Waals surface area contributed by atoms with E-state index in [-0.39, 0.29) is 5.88 Å². The van der Waals surface area contributed by atoms with Crippen molar-refractivity contribution >= 4 is 39.9 Å². The fourth-order valence-corrected chi connectivity index (χ4v) is 1.86. The van der Waals surface area contributed by atoms with Crippen molar-refractivity contribution in [1.29, 1.82) is 0 Å². The molecule has 0 amide bonds. The largest absolute Gasteiger partial charge is 0.494 e. The zero-order valence-electron chi connectivity index (χ0n) is 8.50. The second-order valence-electron chi connectivity index (χ2n) is 3.13. The minimum atomic E-state index is 0.213. The summed E-state index contributed by atoms with van der Waals surface area (Å²) in [5, 5.41) is 1.09. The third kappa shape index (κ3) is 1.74. The Kier molecular flexibility index (Phi) is 3.03. The molecule has 0 aliphatic rings. The van der Waals surface area contributed by atoms with Crippen LogP contribution in [0.5, 0.6) is 5.75 Å². The Bertz CT molecular complexity index is 545. The number of nitrogens with two attached hydrogens (primary N) is 1. The van der Waals surface area contributed by atoms with Gasteiger partial charge in [0, 0.05) is 0 Å². The average Bonchev–Trinajstić information content (AvgIpc) is 2.29. The van der Waals surface area contributed by atoms with Gasteiger partial charge in [-0.2, -0.15) is 0 Å². The standard InChI is InChI=1S/C10H9Cl2N3O/c1-16-9-5(12)2-3-6-8(9)10(13)15-7(4-11)14-6/h2-3H,4H2,1H3,(H2,13,14,15). The van der Waals surface area contributed by atoms with E-state index in [9.17, 15) is 0 Å². The second kappa shape index (κ2) is 4.31. The SMILES string of the molecule is COc1c(Cl)ccc2nc(CCl)nc(N)c12. The maximum absolute atomic E-state index is 5.99. The molecule has 0 fully saturated rings. The van der Waals surface area contributed by atoms with Crippen LogP contribution in [0.25, 0.3) is 10.9 Å². The van der Waals surface area contributed by atoms with E-state index >= 15 is 0 Å². The van der Waals surface area contributed by atoms with Gasteiger partial charge in [-0.1, -0.05) is 11.6 Å². The lowest BCUT2D eigenvalue weighted by atomic mass is 10.2. The van der Waals surface area contributed by atoms with E-state index in [1.165, 1.54) is 7.11 Å². The number of benzene rings is 1. The van der Waals surface area contributed by atoms with Crippen molar-refractivity contribution in [3.8, 4) is 5.75 Å². The van der Waals surface area contributed by atoms with Gasteiger partial charge in [-0.15, -0.1) is 11.6 Å². The summed E-state index contributed by atoms with van der Waals surface area (Å²) in [5.74, 6) is 1.50. The van der Waals surface area contributed by atoms with Crippen molar-refractivity contribution in [1.82, 2.24) is 9.97 Å². The lowest BCUT2D eigenvalue weighted by Crippen LogP contribution is -2.01. The fraction of sp³-hybridized carbons (Fsp3) is 0.200. The van der Waals surface area contributed by atoms with Crippen LogP contribution in [0.2, 0.25) is 5.02 Å². The van der Waals surface area contributed by atoms with Crippen LogP contribution in [0.4, 0.5) is 5.82 Å². The van der Waals surface area contributed by atoms with Crippen LogP contribution in [0.15, 0.2) is 12.1 Å². The number of hydrogen-bond donors (Lipinski definition) is 1. The van der Waals surface area contributed by atoms with E-state index in [1.807, 2.05) is 0 Å². The van der Waals surface area contributed by atoms with Crippen LogP contribution in [-0.4, -0.2) is 17.1 Å². The number of hydrogen-bond acceptors (Lipinski definition) is 4. The molecule has 1 heterocycles. The summed E-state index contributed by atoms with van der Waals surface area (Å²) in [6.45, 7) is 0. The molecule has 16 heavy (non-hydrogen) atoms. The number of methoxy groups -OCH3 is 1. The molecule has 0 spiro atoms. The third-order valence-corrected chi connectivity index (χ3v) is 2.70. The maximum Gasteiger partial charge on any atom is 0.150 e. The molecule has 2 aromatic rings. The van der Waals surface area contributed by atoms with Crippen LogP contribution < -0.4 is 10.5 Å². The van der Waals surface area contributed by atoms with Crippen molar-refractivity contribution in [2.45, 2.75) is 5.88 Å². The molecule has 0 radical (unpaired) electrons. The first-order valence-corrected chi connectivity index (χ1v) is 5.43. The molecule has 1 aromatic heterocycles. The highest BCUT2D eigenvalue weighted by Crippen LogP contribution is 2.35. The van der Waals surface area contributed by atoms with E-state index in [2.05, 4.69) is 9.97 Å². The van der Waals surface area contributed by atoms with Crippen LogP contribution in [-0.2, 0) is 5.88 Å². The van der Waals surface area contributed by atoms with Crippen LogP contribution in [0.3, 0.4) is 0 Å². The van der Waals surface area contributed by atoms with Crippen molar-refractivity contribution < 1.29 is 4.74 Å². The first kappa shape index (κ1) is 11.2. The minimum Gasteiger partial charge on any atom is -0.494 e. The van der Waals surface area contributed by atoms with Crippen LogP contribution in [0, 0.1) is 0 Å². The quantitative estimate of drug-likeness (QED) is 0.841. The first-order valence-electron chi connectivity index (χ1n) is 4.52. The number of fused-ring (bicyclic) bond motifs is 1. The number of nitrogens with zero attached hydrogens (tertiary/aromatic N) is 2. The third-order valence-electron chi connectivity index (χ3n) is 2.17. The van der Waals surface area contributed by atoms with Gasteiger partial charge in [-0.3, -0.25) is 0 Å². The highest BCUT2D eigenvalue weighted by atomic mass is 35.5.